The van der Waals surface area contributed by atoms with Gasteiger partial charge in [-0.15, -0.1) is 0 Å². The van der Waals surface area contributed by atoms with Gasteiger partial charge >= 0.3 is 12.1 Å². The number of carbonyl (C=O) groups is 2. The highest BCUT2D eigenvalue weighted by Gasteiger charge is 2.38. The lowest BCUT2D eigenvalue weighted by molar-refractivity contribution is -0.144. The van der Waals surface area contributed by atoms with Crippen molar-refractivity contribution >= 4 is 23.5 Å². The van der Waals surface area contributed by atoms with Crippen LogP contribution in [0.2, 0.25) is 5.02 Å². The molecule has 3 aromatic carbocycles. The smallest absolute Gasteiger partial charge is 0.416 e. The number of esters is 1. The van der Waals surface area contributed by atoms with Gasteiger partial charge in [0.2, 0.25) is 5.91 Å². The number of nitrogens with zero attached hydrogens (tertiary/aromatic N) is 2. The molecule has 1 aromatic heterocycles. The highest BCUT2D eigenvalue weighted by molar-refractivity contribution is 6.33. The van der Waals surface area contributed by atoms with Crippen LogP contribution >= 0.6 is 11.6 Å². The Balaban J connectivity index is 1.58. The standard InChI is InChI=1S/C37H32ClF6N3O5/c1-3-51-32(49)15-29-25-12-21(11-19(2)34(25)41)33-27(38)5-4-6-30(33)52-23-7-8-28(40)24(13-23)35(36(50)45-29)47-16-20(9-10-46-17-22(39)18-46)26(14-31(47)48)37(42,43)44/h4-8,11-14,16,22,29,35H,3,9-10,15,17-18H2,1-2H3,(H,45,50)/t29-,35-/m0/s1. The molecule has 52 heavy (non-hydrogen) atoms. The zero-order chi connectivity index (χ0) is 37.5. The molecular formula is C37H32ClF6N3O5. The average Bonchev–Trinajstić information content (AvgIpc) is 3.06. The fraction of sp³-hybridized carbons (Fsp3) is 0.324. The third-order valence-electron chi connectivity index (χ3n) is 9.01. The summed E-state index contributed by atoms with van der Waals surface area (Å²) in [6.45, 7) is 3.02. The van der Waals surface area contributed by atoms with Crippen molar-refractivity contribution in [3.63, 3.8) is 0 Å². The van der Waals surface area contributed by atoms with Crippen molar-refractivity contribution in [3.8, 4) is 22.6 Å². The van der Waals surface area contributed by atoms with Crippen molar-refractivity contribution in [3.05, 3.63) is 116 Å². The van der Waals surface area contributed by atoms with E-state index in [4.69, 9.17) is 21.1 Å². The van der Waals surface area contributed by atoms with Crippen LogP contribution in [0.5, 0.6) is 11.5 Å². The first-order valence-corrected chi connectivity index (χ1v) is 16.7. The van der Waals surface area contributed by atoms with E-state index in [1.165, 1.54) is 25.1 Å². The average molecular weight is 748 g/mol. The molecule has 3 heterocycles. The van der Waals surface area contributed by atoms with E-state index in [1.807, 2.05) is 0 Å². The van der Waals surface area contributed by atoms with E-state index >= 15 is 8.78 Å². The summed E-state index contributed by atoms with van der Waals surface area (Å²) in [6.07, 6.45) is -6.16. The number of amides is 1. The Kier molecular flexibility index (Phi) is 10.4. The van der Waals surface area contributed by atoms with Crippen LogP contribution < -0.4 is 15.6 Å². The molecule has 1 N–H and O–H groups in total. The molecule has 1 saturated heterocycles. The number of carbonyl (C=O) groups excluding carboxylic acids is 2. The maximum absolute atomic E-state index is 16.0. The maximum atomic E-state index is 16.0. The molecule has 0 radical (unpaired) electrons. The molecule has 0 aliphatic carbocycles. The summed E-state index contributed by atoms with van der Waals surface area (Å²) in [5, 5.41) is 2.75. The topological polar surface area (TPSA) is 89.9 Å². The minimum Gasteiger partial charge on any atom is -0.466 e. The molecular weight excluding hydrogens is 716 g/mol. The van der Waals surface area contributed by atoms with Crippen molar-refractivity contribution in [2.45, 2.75) is 51.1 Å². The van der Waals surface area contributed by atoms with E-state index in [0.29, 0.717) is 21.8 Å². The summed E-state index contributed by atoms with van der Waals surface area (Å²) in [5.41, 5.74) is -2.88. The largest absolute Gasteiger partial charge is 0.466 e. The molecule has 8 nitrogen and oxygen atoms in total. The molecule has 2 aliphatic rings. The number of halogens is 7. The van der Waals surface area contributed by atoms with Gasteiger partial charge in [0.05, 0.1) is 29.7 Å². The molecule has 4 aromatic rings. The highest BCUT2D eigenvalue weighted by atomic mass is 35.5. The number of aryl methyl sites for hydroxylation is 1. The van der Waals surface area contributed by atoms with Crippen LogP contribution in [0.4, 0.5) is 26.3 Å². The predicted molar refractivity (Wildman–Crippen MR) is 179 cm³/mol. The number of ether oxygens (including phenoxy) is 2. The molecule has 0 spiro atoms. The van der Waals surface area contributed by atoms with Crippen LogP contribution in [0.15, 0.2) is 65.6 Å². The first-order chi connectivity index (χ1) is 24.6. The zero-order valence-electron chi connectivity index (χ0n) is 27.8. The minimum atomic E-state index is -4.98. The van der Waals surface area contributed by atoms with Gasteiger partial charge in [0.1, 0.15) is 35.3 Å². The van der Waals surface area contributed by atoms with Gasteiger partial charge < -0.3 is 14.8 Å². The lowest BCUT2D eigenvalue weighted by Gasteiger charge is -2.34. The van der Waals surface area contributed by atoms with Crippen LogP contribution in [0.1, 0.15) is 53.2 Å². The van der Waals surface area contributed by atoms with Gasteiger partial charge in [-0.3, -0.25) is 23.9 Å². The Labute approximate surface area is 298 Å². The number of nitrogens with one attached hydrogen (secondary N) is 1. The fourth-order valence-corrected chi connectivity index (χ4v) is 6.78. The highest BCUT2D eigenvalue weighted by Crippen LogP contribution is 2.42. The number of fused-ring (bicyclic) bond motifs is 6. The van der Waals surface area contributed by atoms with Crippen molar-refractivity contribution in [2.75, 3.05) is 26.2 Å². The van der Waals surface area contributed by atoms with Crippen molar-refractivity contribution < 1.29 is 45.4 Å². The quantitative estimate of drug-likeness (QED) is 0.156. The summed E-state index contributed by atoms with van der Waals surface area (Å²) < 4.78 is 100. The van der Waals surface area contributed by atoms with E-state index in [9.17, 15) is 31.9 Å². The Morgan fingerprint density at radius 2 is 1.81 bits per heavy atom. The molecule has 0 unspecified atom stereocenters. The third kappa shape index (κ3) is 7.54. The zero-order valence-corrected chi connectivity index (χ0v) is 28.6. The molecule has 274 valence electrons. The Hall–Kier alpha value is -4.82. The first-order valence-electron chi connectivity index (χ1n) is 16.4. The fourth-order valence-electron chi connectivity index (χ4n) is 6.50. The normalized spacial score (nSPS) is 17.8. The second-order valence-electron chi connectivity index (χ2n) is 12.6. The number of benzene rings is 3. The second-order valence-corrected chi connectivity index (χ2v) is 13.0. The van der Waals surface area contributed by atoms with Gasteiger partial charge in [-0.2, -0.15) is 13.2 Å². The van der Waals surface area contributed by atoms with Gasteiger partial charge in [0, 0.05) is 48.6 Å². The summed E-state index contributed by atoms with van der Waals surface area (Å²) >= 11 is 6.63. The van der Waals surface area contributed by atoms with Crippen molar-refractivity contribution in [1.29, 1.82) is 0 Å². The lowest BCUT2D eigenvalue weighted by Crippen LogP contribution is -2.49. The minimum absolute atomic E-state index is 0.00873. The van der Waals surface area contributed by atoms with Crippen molar-refractivity contribution in [2.24, 2.45) is 0 Å². The van der Waals surface area contributed by atoms with Gasteiger partial charge in [0.25, 0.3) is 5.56 Å². The van der Waals surface area contributed by atoms with E-state index < -0.39 is 76.6 Å². The van der Waals surface area contributed by atoms with Crippen LogP contribution in [-0.2, 0) is 26.9 Å². The van der Waals surface area contributed by atoms with E-state index in [2.05, 4.69) is 5.32 Å². The van der Waals surface area contributed by atoms with Crippen LogP contribution in [0.3, 0.4) is 0 Å². The molecule has 2 atom stereocenters. The van der Waals surface area contributed by atoms with Gasteiger partial charge in [-0.05, 0) is 79.4 Å². The number of alkyl halides is 4. The third-order valence-corrected chi connectivity index (χ3v) is 9.32. The number of pyridine rings is 1. The van der Waals surface area contributed by atoms with E-state index in [-0.39, 0.29) is 60.3 Å². The lowest BCUT2D eigenvalue weighted by atomic mass is 9.93. The number of aromatic nitrogens is 1. The van der Waals surface area contributed by atoms with Gasteiger partial charge in [-0.1, -0.05) is 17.7 Å². The van der Waals surface area contributed by atoms with Gasteiger partial charge in [0.15, 0.2) is 0 Å². The summed E-state index contributed by atoms with van der Waals surface area (Å²) in [5.74, 6) is -3.70. The Morgan fingerprint density at radius 3 is 2.50 bits per heavy atom. The molecule has 1 fully saturated rings. The number of hydrogen-bond donors (Lipinski definition) is 1. The predicted octanol–water partition coefficient (Wildman–Crippen LogP) is 7.48. The maximum Gasteiger partial charge on any atom is 0.416 e. The first kappa shape index (κ1) is 37.0. The molecule has 15 heteroatoms. The van der Waals surface area contributed by atoms with E-state index in [0.717, 1.165) is 18.3 Å². The summed E-state index contributed by atoms with van der Waals surface area (Å²) in [4.78, 5) is 42.5. The van der Waals surface area contributed by atoms with Crippen molar-refractivity contribution in [1.82, 2.24) is 14.8 Å². The summed E-state index contributed by atoms with van der Waals surface area (Å²) in [6, 6.07) is 7.73. The van der Waals surface area contributed by atoms with Crippen LogP contribution in [0, 0.1) is 18.6 Å². The monoisotopic (exact) mass is 747 g/mol. The number of hydrogen-bond acceptors (Lipinski definition) is 6. The molecule has 0 saturated carbocycles. The summed E-state index contributed by atoms with van der Waals surface area (Å²) in [7, 11) is 0. The Morgan fingerprint density at radius 1 is 1.06 bits per heavy atom. The van der Waals surface area contributed by atoms with Gasteiger partial charge in [-0.25, -0.2) is 13.2 Å². The SMILES string of the molecule is CCOC(=O)C[C@@H]1NC(=O)[C@@H](n2cc(CCN3CC(F)C3)c(C(F)(F)F)cc2=O)c2cc(ccc2F)Oc2cccc(Cl)c2-c2cc(C)c(F)c1c2. The van der Waals surface area contributed by atoms with Crippen LogP contribution in [-0.4, -0.2) is 53.8 Å². The van der Waals surface area contributed by atoms with Crippen LogP contribution in [0.25, 0.3) is 11.1 Å². The molecule has 2 aliphatic heterocycles. The second kappa shape index (κ2) is 14.7. The number of likely N-dealkylation sites (tertiary alicyclic amines) is 1. The molecule has 4 bridgehead atoms. The Bertz CT molecular complexity index is 2100. The molecule has 6 rings (SSSR count). The molecule has 1 amide bonds. The number of rotatable bonds is 7. The van der Waals surface area contributed by atoms with E-state index in [1.54, 1.807) is 30.0 Å².